The van der Waals surface area contributed by atoms with Crippen LogP contribution in [0.1, 0.15) is 23.6 Å². The van der Waals surface area contributed by atoms with Gasteiger partial charge in [-0.3, -0.25) is 13.9 Å². The number of aryl methyl sites for hydroxylation is 1. The Morgan fingerprint density at radius 2 is 1.49 bits per heavy atom. The van der Waals surface area contributed by atoms with Crippen LogP contribution in [0.15, 0.2) is 108 Å². The van der Waals surface area contributed by atoms with Gasteiger partial charge in [-0.05, 0) is 79.1 Å². The van der Waals surface area contributed by atoms with Gasteiger partial charge in [-0.2, -0.15) is 0 Å². The van der Waals surface area contributed by atoms with Crippen molar-refractivity contribution in [2.75, 3.05) is 17.4 Å². The highest BCUT2D eigenvalue weighted by Gasteiger charge is 2.34. The van der Waals surface area contributed by atoms with Crippen molar-refractivity contribution >= 4 is 50.7 Å². The molecule has 0 spiro atoms. The summed E-state index contributed by atoms with van der Waals surface area (Å²) in [5.74, 6) is -0.893. The molecule has 0 unspecified atom stereocenters. The van der Waals surface area contributed by atoms with Crippen LogP contribution in [-0.2, 0) is 32.6 Å². The van der Waals surface area contributed by atoms with Crippen LogP contribution in [0.2, 0.25) is 10.0 Å². The molecule has 1 N–H and O–H groups in total. The van der Waals surface area contributed by atoms with Crippen LogP contribution in [0.5, 0.6) is 0 Å². The molecule has 0 bridgehead atoms. The number of likely N-dealkylation sites (N-methyl/N-ethyl adjacent to an activating group) is 1. The Hall–Kier alpha value is -3.85. The van der Waals surface area contributed by atoms with Crippen molar-refractivity contribution in [2.45, 2.75) is 37.8 Å². The van der Waals surface area contributed by atoms with Crippen molar-refractivity contribution in [3.8, 4) is 0 Å². The summed E-state index contributed by atoms with van der Waals surface area (Å²) in [6.45, 7) is 3.51. The van der Waals surface area contributed by atoms with Gasteiger partial charge in [0.15, 0.2) is 0 Å². The number of halogens is 2. The lowest BCUT2D eigenvalue weighted by Gasteiger charge is -2.34. The lowest BCUT2D eigenvalue weighted by molar-refractivity contribution is -0.140. The number of hydrogen-bond acceptors (Lipinski definition) is 4. The highest BCUT2D eigenvalue weighted by atomic mass is 35.5. The molecule has 10 heteroatoms. The van der Waals surface area contributed by atoms with Gasteiger partial charge in [0.2, 0.25) is 11.8 Å². The number of anilines is 1. The summed E-state index contributed by atoms with van der Waals surface area (Å²) in [5, 5.41) is 3.71. The summed E-state index contributed by atoms with van der Waals surface area (Å²) in [6.07, 6.45) is 0.230. The van der Waals surface area contributed by atoms with Crippen molar-refractivity contribution < 1.29 is 18.0 Å². The average molecular weight is 639 g/mol. The minimum atomic E-state index is -4.21. The summed E-state index contributed by atoms with van der Waals surface area (Å²) < 4.78 is 29.1. The topological polar surface area (TPSA) is 86.8 Å². The number of amides is 2. The second-order valence-electron chi connectivity index (χ2n) is 10.1. The first-order chi connectivity index (χ1) is 20.6. The molecule has 2 amide bonds. The monoisotopic (exact) mass is 637 g/mol. The Labute approximate surface area is 263 Å². The fourth-order valence-electron chi connectivity index (χ4n) is 4.72. The van der Waals surface area contributed by atoms with Crippen LogP contribution >= 0.6 is 23.2 Å². The fraction of sp³-hybridized carbons (Fsp3) is 0.212. The molecule has 0 aromatic heterocycles. The van der Waals surface area contributed by atoms with Crippen LogP contribution in [0, 0.1) is 6.92 Å². The molecule has 43 heavy (non-hydrogen) atoms. The molecule has 4 aromatic carbocycles. The zero-order valence-corrected chi connectivity index (χ0v) is 26.2. The van der Waals surface area contributed by atoms with Gasteiger partial charge in [0.1, 0.15) is 12.6 Å². The van der Waals surface area contributed by atoms with Gasteiger partial charge >= 0.3 is 0 Å². The van der Waals surface area contributed by atoms with Crippen LogP contribution in [-0.4, -0.2) is 44.3 Å². The molecule has 0 fully saturated rings. The normalized spacial score (nSPS) is 11.9. The molecule has 0 saturated heterocycles. The second kappa shape index (κ2) is 14.6. The first-order valence-corrected chi connectivity index (χ1v) is 16.0. The lowest BCUT2D eigenvalue weighted by atomic mass is 10.0. The van der Waals surface area contributed by atoms with E-state index < -0.39 is 28.5 Å². The van der Waals surface area contributed by atoms with Crippen LogP contribution in [0.4, 0.5) is 5.69 Å². The third kappa shape index (κ3) is 8.38. The molecule has 0 aliphatic carbocycles. The number of nitrogens with one attached hydrogen (secondary N) is 1. The number of carbonyl (C=O) groups excluding carboxylic acids is 2. The van der Waals surface area contributed by atoms with Crippen LogP contribution in [0.25, 0.3) is 0 Å². The Morgan fingerprint density at radius 1 is 0.814 bits per heavy atom. The lowest BCUT2D eigenvalue weighted by Crippen LogP contribution is -2.53. The van der Waals surface area contributed by atoms with Gasteiger partial charge in [-0.1, -0.05) is 77.8 Å². The highest BCUT2D eigenvalue weighted by molar-refractivity contribution is 7.92. The Balaban J connectivity index is 1.80. The van der Waals surface area contributed by atoms with Gasteiger partial charge < -0.3 is 10.2 Å². The van der Waals surface area contributed by atoms with Gasteiger partial charge in [0.05, 0.1) is 10.6 Å². The molecule has 1 atom stereocenters. The first kappa shape index (κ1) is 32.1. The van der Waals surface area contributed by atoms with E-state index in [4.69, 9.17) is 23.2 Å². The molecular formula is C33H33Cl2N3O4S. The Bertz CT molecular complexity index is 1670. The number of carbonyl (C=O) groups is 2. The standard InChI is InChI=1S/C33H33Cl2N3O4S/c1-3-36-33(40)31(21-25-10-5-4-6-11-25)37(22-26-12-8-13-28(35)20-26)32(39)23-38(29-14-7-9-24(2)19-29)43(41,42)30-17-15-27(34)16-18-30/h4-20,31H,3,21-23H2,1-2H3,(H,36,40)/t31-/m0/s1. The average Bonchev–Trinajstić information content (AvgIpc) is 2.98. The molecule has 224 valence electrons. The molecule has 0 aliphatic heterocycles. The van der Waals surface area contributed by atoms with E-state index in [1.807, 2.05) is 49.4 Å². The summed E-state index contributed by atoms with van der Waals surface area (Å²) >= 11 is 12.3. The first-order valence-electron chi connectivity index (χ1n) is 13.8. The maximum absolute atomic E-state index is 14.4. The van der Waals surface area contributed by atoms with Crippen molar-refractivity contribution in [3.63, 3.8) is 0 Å². The van der Waals surface area contributed by atoms with E-state index in [-0.39, 0.29) is 23.8 Å². The third-order valence-corrected chi connectivity index (χ3v) is 9.11. The molecular weight excluding hydrogens is 605 g/mol. The van der Waals surface area contributed by atoms with Gasteiger partial charge in [-0.25, -0.2) is 8.42 Å². The molecule has 7 nitrogen and oxygen atoms in total. The Morgan fingerprint density at radius 3 is 2.14 bits per heavy atom. The summed E-state index contributed by atoms with van der Waals surface area (Å²) in [6, 6.07) is 28.2. The molecule has 4 aromatic rings. The molecule has 4 rings (SSSR count). The van der Waals surface area contributed by atoms with E-state index in [2.05, 4.69) is 5.32 Å². The quantitative estimate of drug-likeness (QED) is 0.198. The van der Waals surface area contributed by atoms with E-state index >= 15 is 0 Å². The van der Waals surface area contributed by atoms with E-state index in [1.165, 1.54) is 29.2 Å². The SMILES string of the molecule is CCNC(=O)[C@H](Cc1ccccc1)N(Cc1cccc(Cl)c1)C(=O)CN(c1cccc(C)c1)S(=O)(=O)c1ccc(Cl)cc1. The fourth-order valence-corrected chi connectivity index (χ4v) is 6.47. The summed E-state index contributed by atoms with van der Waals surface area (Å²) in [5.41, 5.74) is 2.70. The number of hydrogen-bond donors (Lipinski definition) is 1. The predicted octanol–water partition coefficient (Wildman–Crippen LogP) is 6.27. The maximum Gasteiger partial charge on any atom is 0.264 e. The van der Waals surface area contributed by atoms with Crippen molar-refractivity contribution in [3.05, 3.63) is 130 Å². The summed E-state index contributed by atoms with van der Waals surface area (Å²) in [7, 11) is -4.21. The number of sulfonamides is 1. The third-order valence-electron chi connectivity index (χ3n) is 6.83. The minimum absolute atomic E-state index is 0.0165. The van der Waals surface area contributed by atoms with Crippen LogP contribution < -0.4 is 9.62 Å². The molecule has 0 saturated carbocycles. The van der Waals surface area contributed by atoms with Crippen LogP contribution in [0.3, 0.4) is 0 Å². The number of rotatable bonds is 12. The van der Waals surface area contributed by atoms with Crippen molar-refractivity contribution in [1.82, 2.24) is 10.2 Å². The highest BCUT2D eigenvalue weighted by Crippen LogP contribution is 2.27. The predicted molar refractivity (Wildman–Crippen MR) is 172 cm³/mol. The van der Waals surface area contributed by atoms with E-state index in [0.29, 0.717) is 27.8 Å². The van der Waals surface area contributed by atoms with Gasteiger partial charge in [0.25, 0.3) is 10.0 Å². The molecule has 0 aliphatic rings. The zero-order valence-electron chi connectivity index (χ0n) is 23.9. The zero-order chi connectivity index (χ0) is 31.0. The largest absolute Gasteiger partial charge is 0.355 e. The van der Waals surface area contributed by atoms with E-state index in [9.17, 15) is 18.0 Å². The number of nitrogens with zero attached hydrogens (tertiary/aromatic N) is 2. The van der Waals surface area contributed by atoms with Crippen molar-refractivity contribution in [1.29, 1.82) is 0 Å². The number of benzene rings is 4. The smallest absolute Gasteiger partial charge is 0.264 e. The molecule has 0 radical (unpaired) electrons. The molecule has 0 heterocycles. The van der Waals surface area contributed by atoms with E-state index in [1.54, 1.807) is 43.3 Å². The maximum atomic E-state index is 14.4. The van der Waals surface area contributed by atoms with Gasteiger partial charge in [0, 0.05) is 29.6 Å². The van der Waals surface area contributed by atoms with Crippen molar-refractivity contribution in [2.24, 2.45) is 0 Å². The second-order valence-corrected chi connectivity index (χ2v) is 12.8. The Kier molecular flexibility index (Phi) is 10.9. The van der Waals surface area contributed by atoms with Gasteiger partial charge in [-0.15, -0.1) is 0 Å². The summed E-state index contributed by atoms with van der Waals surface area (Å²) in [4.78, 5) is 29.3. The van der Waals surface area contributed by atoms with E-state index in [0.717, 1.165) is 15.4 Å². The minimum Gasteiger partial charge on any atom is -0.355 e.